The van der Waals surface area contributed by atoms with E-state index in [2.05, 4.69) is 0 Å². The molecule has 0 fully saturated rings. The summed E-state index contributed by atoms with van der Waals surface area (Å²) in [5.41, 5.74) is 7.54. The first-order chi connectivity index (χ1) is 11.4. The summed E-state index contributed by atoms with van der Waals surface area (Å²) in [6.07, 6.45) is 0. The van der Waals surface area contributed by atoms with Crippen LogP contribution in [0.3, 0.4) is 0 Å². The van der Waals surface area contributed by atoms with E-state index in [1.807, 2.05) is 31.2 Å². The Morgan fingerprint density at radius 3 is 2.62 bits per heavy atom. The molecule has 0 saturated heterocycles. The molecule has 0 atom stereocenters. The predicted octanol–water partition coefficient (Wildman–Crippen LogP) is 3.39. The van der Waals surface area contributed by atoms with Crippen LogP contribution in [0, 0.1) is 6.92 Å². The van der Waals surface area contributed by atoms with Crippen LogP contribution in [0.25, 0.3) is 0 Å². The highest BCUT2D eigenvalue weighted by Crippen LogP contribution is 2.29. The van der Waals surface area contributed by atoms with Gasteiger partial charge in [-0.3, -0.25) is 4.79 Å². The lowest BCUT2D eigenvalue weighted by Gasteiger charge is -2.20. The number of amides is 1. The normalized spacial score (nSPS) is 10.3. The third-order valence-corrected chi connectivity index (χ3v) is 4.00. The van der Waals surface area contributed by atoms with E-state index in [1.54, 1.807) is 18.0 Å². The van der Waals surface area contributed by atoms with Crippen molar-refractivity contribution in [3.63, 3.8) is 0 Å². The van der Waals surface area contributed by atoms with Gasteiger partial charge in [-0.05, 0) is 24.6 Å². The number of anilines is 1. The van der Waals surface area contributed by atoms with Gasteiger partial charge in [0, 0.05) is 13.1 Å². The monoisotopic (exact) mass is 348 g/mol. The van der Waals surface area contributed by atoms with Crippen LogP contribution in [0.4, 0.5) is 5.69 Å². The van der Waals surface area contributed by atoms with E-state index in [4.69, 9.17) is 26.8 Å². The van der Waals surface area contributed by atoms with Crippen LogP contribution in [0.1, 0.15) is 15.9 Å². The van der Waals surface area contributed by atoms with E-state index in [0.29, 0.717) is 35.2 Å². The lowest BCUT2D eigenvalue weighted by atomic mass is 10.1. The zero-order valence-corrected chi connectivity index (χ0v) is 14.8. The molecule has 1 amide bonds. The molecule has 5 nitrogen and oxygen atoms in total. The number of methoxy groups -OCH3 is 1. The number of halogens is 1. The average molecular weight is 349 g/mol. The highest BCUT2D eigenvalue weighted by atomic mass is 35.5. The Balaban J connectivity index is 2.02. The Bertz CT molecular complexity index is 734. The van der Waals surface area contributed by atoms with Crippen LogP contribution in [0.5, 0.6) is 11.5 Å². The molecule has 0 spiro atoms. The molecule has 2 N–H and O–H groups in total. The lowest BCUT2D eigenvalue weighted by molar-refractivity contribution is 0.0770. The summed E-state index contributed by atoms with van der Waals surface area (Å²) in [7, 11) is 3.19. The number of nitrogen functional groups attached to an aromatic ring is 1. The summed E-state index contributed by atoms with van der Waals surface area (Å²) < 4.78 is 10.9. The molecule has 0 aromatic heterocycles. The van der Waals surface area contributed by atoms with Crippen LogP contribution in [-0.4, -0.2) is 38.1 Å². The van der Waals surface area contributed by atoms with Crippen LogP contribution in [-0.2, 0) is 0 Å². The largest absolute Gasteiger partial charge is 0.496 e. The minimum atomic E-state index is -0.206. The third kappa shape index (κ3) is 4.11. The number of aryl methyl sites for hydroxylation is 1. The minimum Gasteiger partial charge on any atom is -0.496 e. The quantitative estimate of drug-likeness (QED) is 0.813. The molecule has 0 bridgehead atoms. The van der Waals surface area contributed by atoms with Crippen molar-refractivity contribution in [2.24, 2.45) is 0 Å². The van der Waals surface area contributed by atoms with E-state index in [1.165, 1.54) is 13.2 Å². The van der Waals surface area contributed by atoms with Gasteiger partial charge >= 0.3 is 0 Å². The average Bonchev–Trinajstić information content (AvgIpc) is 2.57. The van der Waals surface area contributed by atoms with Gasteiger partial charge in [-0.2, -0.15) is 0 Å². The number of hydrogen-bond acceptors (Lipinski definition) is 4. The van der Waals surface area contributed by atoms with Crippen molar-refractivity contribution in [2.45, 2.75) is 6.92 Å². The molecule has 0 aliphatic heterocycles. The number of carbonyl (C=O) groups is 1. The van der Waals surface area contributed by atoms with Crippen molar-refractivity contribution in [3.05, 3.63) is 52.5 Å². The van der Waals surface area contributed by atoms with Gasteiger partial charge in [0.2, 0.25) is 0 Å². The number of ether oxygens (including phenoxy) is 2. The van der Waals surface area contributed by atoms with Gasteiger partial charge < -0.3 is 20.1 Å². The second-order valence-electron chi connectivity index (χ2n) is 5.41. The Kier molecular flexibility index (Phi) is 5.93. The number of nitrogens with two attached hydrogens (primary N) is 1. The Hall–Kier alpha value is -2.40. The molecule has 0 unspecified atom stereocenters. The zero-order valence-electron chi connectivity index (χ0n) is 14.0. The molecule has 0 aliphatic carbocycles. The van der Waals surface area contributed by atoms with Crippen molar-refractivity contribution in [2.75, 3.05) is 33.0 Å². The molecule has 0 radical (unpaired) electrons. The van der Waals surface area contributed by atoms with Gasteiger partial charge in [0.1, 0.15) is 18.1 Å². The molecule has 2 aromatic rings. The number of benzene rings is 2. The van der Waals surface area contributed by atoms with Gasteiger partial charge in [0.25, 0.3) is 5.91 Å². The summed E-state index contributed by atoms with van der Waals surface area (Å²) in [4.78, 5) is 14.1. The van der Waals surface area contributed by atoms with Crippen molar-refractivity contribution in [1.82, 2.24) is 4.90 Å². The summed E-state index contributed by atoms with van der Waals surface area (Å²) in [5.74, 6) is 1.00. The summed E-state index contributed by atoms with van der Waals surface area (Å²) >= 11 is 6.02. The maximum Gasteiger partial charge on any atom is 0.257 e. The number of likely N-dealkylation sites (N-methyl/N-ethyl adjacent to an activating group) is 1. The Morgan fingerprint density at radius 2 is 1.96 bits per heavy atom. The van der Waals surface area contributed by atoms with Crippen LogP contribution in [0.2, 0.25) is 5.02 Å². The van der Waals surface area contributed by atoms with Crippen molar-refractivity contribution in [1.29, 1.82) is 0 Å². The molecule has 128 valence electrons. The van der Waals surface area contributed by atoms with E-state index < -0.39 is 0 Å². The van der Waals surface area contributed by atoms with E-state index >= 15 is 0 Å². The van der Waals surface area contributed by atoms with Crippen molar-refractivity contribution in [3.8, 4) is 11.5 Å². The summed E-state index contributed by atoms with van der Waals surface area (Å²) in [6.45, 7) is 2.79. The topological polar surface area (TPSA) is 64.8 Å². The molecule has 6 heteroatoms. The maximum absolute atomic E-state index is 12.6. The van der Waals surface area contributed by atoms with Gasteiger partial charge in [-0.1, -0.05) is 29.8 Å². The molecule has 2 aromatic carbocycles. The van der Waals surface area contributed by atoms with Crippen molar-refractivity contribution >= 4 is 23.2 Å². The van der Waals surface area contributed by atoms with Gasteiger partial charge in [0.05, 0.1) is 29.9 Å². The number of para-hydroxylation sites is 1. The first kappa shape index (κ1) is 17.9. The fourth-order valence-corrected chi connectivity index (χ4v) is 2.39. The van der Waals surface area contributed by atoms with E-state index in [-0.39, 0.29) is 5.91 Å². The third-order valence-electron chi connectivity index (χ3n) is 3.67. The summed E-state index contributed by atoms with van der Waals surface area (Å²) in [5, 5.41) is 0.323. The molecule has 24 heavy (non-hydrogen) atoms. The van der Waals surface area contributed by atoms with Crippen LogP contribution >= 0.6 is 11.6 Å². The highest BCUT2D eigenvalue weighted by Gasteiger charge is 2.18. The molecule has 0 aliphatic rings. The maximum atomic E-state index is 12.6. The number of rotatable bonds is 6. The molecule has 0 saturated carbocycles. The first-order valence-electron chi connectivity index (χ1n) is 7.51. The fourth-order valence-electron chi connectivity index (χ4n) is 2.22. The smallest absolute Gasteiger partial charge is 0.257 e. The Labute approximate surface area is 146 Å². The lowest BCUT2D eigenvalue weighted by Crippen LogP contribution is -2.31. The second-order valence-corrected chi connectivity index (χ2v) is 5.82. The van der Waals surface area contributed by atoms with Crippen LogP contribution in [0.15, 0.2) is 36.4 Å². The predicted molar refractivity (Wildman–Crippen MR) is 96.1 cm³/mol. The standard InChI is InChI=1S/C18H21ClN2O3/c1-12-6-4-5-7-16(12)24-9-8-21(2)18(22)13-10-14(19)15(20)11-17(13)23-3/h4-7,10-11H,8-9,20H2,1-3H3. The molecular formula is C18H21ClN2O3. The summed E-state index contributed by atoms with van der Waals surface area (Å²) in [6, 6.07) is 10.8. The number of hydrogen-bond donors (Lipinski definition) is 1. The highest BCUT2D eigenvalue weighted by molar-refractivity contribution is 6.33. The number of nitrogens with zero attached hydrogens (tertiary/aromatic N) is 1. The Morgan fingerprint density at radius 1 is 1.25 bits per heavy atom. The molecular weight excluding hydrogens is 328 g/mol. The minimum absolute atomic E-state index is 0.206. The first-order valence-corrected chi connectivity index (χ1v) is 7.88. The zero-order chi connectivity index (χ0) is 17.7. The SMILES string of the molecule is COc1cc(N)c(Cl)cc1C(=O)N(C)CCOc1ccccc1C. The fraction of sp³-hybridized carbons (Fsp3) is 0.278. The van der Waals surface area contributed by atoms with Gasteiger partial charge in [-0.15, -0.1) is 0 Å². The van der Waals surface area contributed by atoms with Gasteiger partial charge in [-0.25, -0.2) is 0 Å². The molecule has 0 heterocycles. The second kappa shape index (κ2) is 7.93. The van der Waals surface area contributed by atoms with E-state index in [9.17, 15) is 4.79 Å². The van der Waals surface area contributed by atoms with Gasteiger partial charge in [0.15, 0.2) is 0 Å². The number of carbonyl (C=O) groups excluding carboxylic acids is 1. The van der Waals surface area contributed by atoms with Crippen LogP contribution < -0.4 is 15.2 Å². The van der Waals surface area contributed by atoms with E-state index in [0.717, 1.165) is 11.3 Å². The van der Waals surface area contributed by atoms with Crippen molar-refractivity contribution < 1.29 is 14.3 Å². The molecule has 2 rings (SSSR count).